The van der Waals surface area contributed by atoms with E-state index in [2.05, 4.69) is 5.32 Å². The maximum absolute atomic E-state index is 11.9. The van der Waals surface area contributed by atoms with E-state index in [1.165, 1.54) is 12.1 Å². The Bertz CT molecular complexity index is 338. The van der Waals surface area contributed by atoms with Crippen molar-refractivity contribution >= 4 is 5.91 Å². The van der Waals surface area contributed by atoms with Crippen LogP contribution in [0.3, 0.4) is 0 Å². The van der Waals surface area contributed by atoms with Crippen molar-refractivity contribution in [1.29, 1.82) is 0 Å². The van der Waals surface area contributed by atoms with Crippen LogP contribution in [0.5, 0.6) is 5.75 Å². The minimum absolute atomic E-state index is 0.0890. The third kappa shape index (κ3) is 3.19. The molecule has 1 rings (SSSR count). The van der Waals surface area contributed by atoms with Gasteiger partial charge in [0, 0.05) is 0 Å². The zero-order chi connectivity index (χ0) is 11.4. The number of halogens is 2. The van der Waals surface area contributed by atoms with Crippen LogP contribution in [0.4, 0.5) is 8.78 Å². The molecule has 0 radical (unpaired) electrons. The van der Waals surface area contributed by atoms with Gasteiger partial charge in [-0.15, -0.1) is 0 Å². The van der Waals surface area contributed by atoms with E-state index in [9.17, 15) is 13.6 Å². The molecule has 15 heavy (non-hydrogen) atoms. The van der Waals surface area contributed by atoms with Crippen LogP contribution >= 0.6 is 0 Å². The summed E-state index contributed by atoms with van der Waals surface area (Å²) in [5.41, 5.74) is 0.654. The highest BCUT2D eigenvalue weighted by Gasteiger charge is 2.17. The lowest BCUT2D eigenvalue weighted by molar-refractivity contribution is -0.132. The molecular formula is C10H11F2NO2. The Kier molecular flexibility index (Phi) is 3.60. The molecule has 1 amide bonds. The Balaban J connectivity index is 2.65. The lowest BCUT2D eigenvalue weighted by atomic mass is 10.1. The molecule has 0 saturated heterocycles. The number of phenols is 1. The molecule has 0 aliphatic heterocycles. The van der Waals surface area contributed by atoms with Crippen molar-refractivity contribution < 1.29 is 18.7 Å². The number of aromatic hydroxyl groups is 1. The second kappa shape index (κ2) is 4.72. The molecule has 5 heteroatoms. The van der Waals surface area contributed by atoms with Gasteiger partial charge in [0.2, 0.25) is 0 Å². The van der Waals surface area contributed by atoms with Gasteiger partial charge in [-0.3, -0.25) is 4.79 Å². The Morgan fingerprint density at radius 1 is 1.33 bits per heavy atom. The van der Waals surface area contributed by atoms with Gasteiger partial charge in [0.05, 0.1) is 6.04 Å². The van der Waals surface area contributed by atoms with Gasteiger partial charge in [-0.2, -0.15) is 8.78 Å². The number of benzene rings is 1. The first kappa shape index (κ1) is 11.4. The van der Waals surface area contributed by atoms with Crippen molar-refractivity contribution in [3.05, 3.63) is 29.8 Å². The van der Waals surface area contributed by atoms with Gasteiger partial charge in [0.25, 0.3) is 5.91 Å². The van der Waals surface area contributed by atoms with Crippen molar-refractivity contribution in [3.8, 4) is 5.75 Å². The quantitative estimate of drug-likeness (QED) is 0.808. The fourth-order valence-electron chi connectivity index (χ4n) is 1.12. The van der Waals surface area contributed by atoms with E-state index in [0.717, 1.165) is 0 Å². The normalized spacial score (nSPS) is 12.5. The number of carbonyl (C=O) groups is 1. The van der Waals surface area contributed by atoms with Gasteiger partial charge in [0.1, 0.15) is 5.75 Å². The molecule has 0 bridgehead atoms. The first-order valence-corrected chi connectivity index (χ1v) is 4.38. The van der Waals surface area contributed by atoms with Crippen LogP contribution in [0, 0.1) is 0 Å². The van der Waals surface area contributed by atoms with Gasteiger partial charge < -0.3 is 10.4 Å². The van der Waals surface area contributed by atoms with E-state index in [1.54, 1.807) is 19.1 Å². The summed E-state index contributed by atoms with van der Waals surface area (Å²) in [7, 11) is 0. The molecule has 0 spiro atoms. The maximum Gasteiger partial charge on any atom is 0.315 e. The van der Waals surface area contributed by atoms with Crippen LogP contribution in [0.15, 0.2) is 24.3 Å². The van der Waals surface area contributed by atoms with Gasteiger partial charge in [0.15, 0.2) is 0 Å². The minimum Gasteiger partial charge on any atom is -0.508 e. The third-order valence-corrected chi connectivity index (χ3v) is 1.95. The van der Waals surface area contributed by atoms with E-state index >= 15 is 0 Å². The largest absolute Gasteiger partial charge is 0.508 e. The highest BCUT2D eigenvalue weighted by atomic mass is 19.3. The number of phenolic OH excluding ortho intramolecular Hbond substituents is 1. The standard InChI is InChI=1S/C10H11F2NO2/c1-6(13-10(15)9(11)12)7-2-4-8(14)5-3-7/h2-6,9,14H,1H3,(H,13,15)/t6-/m0/s1. The highest BCUT2D eigenvalue weighted by Crippen LogP contribution is 2.16. The van der Waals surface area contributed by atoms with Crippen LogP contribution in [0.1, 0.15) is 18.5 Å². The van der Waals surface area contributed by atoms with Crippen LogP contribution in [-0.4, -0.2) is 17.4 Å². The molecule has 1 aromatic carbocycles. The van der Waals surface area contributed by atoms with Gasteiger partial charge in [-0.25, -0.2) is 0 Å². The van der Waals surface area contributed by atoms with E-state index < -0.39 is 18.4 Å². The summed E-state index contributed by atoms with van der Waals surface area (Å²) < 4.78 is 23.8. The molecule has 3 nitrogen and oxygen atoms in total. The zero-order valence-electron chi connectivity index (χ0n) is 8.08. The summed E-state index contributed by atoms with van der Waals surface area (Å²) in [5, 5.41) is 11.1. The maximum atomic E-state index is 11.9. The molecule has 2 N–H and O–H groups in total. The predicted octanol–water partition coefficient (Wildman–Crippen LogP) is 1.83. The molecular weight excluding hydrogens is 204 g/mol. The van der Waals surface area contributed by atoms with Crippen molar-refractivity contribution in [1.82, 2.24) is 5.32 Å². The summed E-state index contributed by atoms with van der Waals surface area (Å²) in [5.74, 6) is -1.21. The molecule has 0 aliphatic carbocycles. The fourth-order valence-corrected chi connectivity index (χ4v) is 1.12. The molecule has 0 fully saturated rings. The van der Waals surface area contributed by atoms with E-state index in [0.29, 0.717) is 5.56 Å². The van der Waals surface area contributed by atoms with Gasteiger partial charge >= 0.3 is 6.43 Å². The number of hydrogen-bond acceptors (Lipinski definition) is 2. The van der Waals surface area contributed by atoms with E-state index in [4.69, 9.17) is 5.11 Å². The lowest BCUT2D eigenvalue weighted by Gasteiger charge is -2.13. The Morgan fingerprint density at radius 2 is 1.87 bits per heavy atom. The van der Waals surface area contributed by atoms with Crippen LogP contribution < -0.4 is 5.32 Å². The van der Waals surface area contributed by atoms with Crippen molar-refractivity contribution in [3.63, 3.8) is 0 Å². The first-order valence-electron chi connectivity index (χ1n) is 4.38. The van der Waals surface area contributed by atoms with E-state index in [-0.39, 0.29) is 5.75 Å². The summed E-state index contributed by atoms with van der Waals surface area (Å²) in [6.07, 6.45) is -3.01. The summed E-state index contributed by atoms with van der Waals surface area (Å²) >= 11 is 0. The predicted molar refractivity (Wildman–Crippen MR) is 50.7 cm³/mol. The topological polar surface area (TPSA) is 49.3 Å². The second-order valence-electron chi connectivity index (χ2n) is 3.12. The molecule has 0 unspecified atom stereocenters. The summed E-state index contributed by atoms with van der Waals surface area (Å²) in [4.78, 5) is 10.7. The first-order chi connectivity index (χ1) is 7.00. The van der Waals surface area contributed by atoms with Crippen LogP contribution in [0.25, 0.3) is 0 Å². The second-order valence-corrected chi connectivity index (χ2v) is 3.12. The summed E-state index contributed by atoms with van der Waals surface area (Å²) in [6, 6.07) is 5.48. The number of amides is 1. The SMILES string of the molecule is C[C@H](NC(=O)C(F)F)c1ccc(O)cc1. The number of carbonyl (C=O) groups excluding carboxylic acids is 1. The number of hydrogen-bond donors (Lipinski definition) is 2. The molecule has 1 aromatic rings. The number of alkyl halides is 2. The van der Waals surface area contributed by atoms with Crippen molar-refractivity contribution in [2.45, 2.75) is 19.4 Å². The van der Waals surface area contributed by atoms with Crippen LogP contribution in [-0.2, 0) is 4.79 Å². The van der Waals surface area contributed by atoms with Crippen molar-refractivity contribution in [2.24, 2.45) is 0 Å². The Hall–Kier alpha value is -1.65. The molecule has 0 aliphatic rings. The average molecular weight is 215 g/mol. The molecule has 0 heterocycles. The van der Waals surface area contributed by atoms with Crippen LogP contribution in [0.2, 0.25) is 0 Å². The smallest absolute Gasteiger partial charge is 0.315 e. The zero-order valence-corrected chi connectivity index (χ0v) is 8.08. The van der Waals surface area contributed by atoms with Gasteiger partial charge in [-0.1, -0.05) is 12.1 Å². The third-order valence-electron chi connectivity index (χ3n) is 1.95. The summed E-state index contributed by atoms with van der Waals surface area (Å²) in [6.45, 7) is 1.59. The monoisotopic (exact) mass is 215 g/mol. The van der Waals surface area contributed by atoms with Gasteiger partial charge in [-0.05, 0) is 24.6 Å². The average Bonchev–Trinajstić information content (AvgIpc) is 2.18. The van der Waals surface area contributed by atoms with Crippen molar-refractivity contribution in [2.75, 3.05) is 0 Å². The lowest BCUT2D eigenvalue weighted by Crippen LogP contribution is -2.31. The number of nitrogens with one attached hydrogen (secondary N) is 1. The number of rotatable bonds is 3. The molecule has 0 saturated carbocycles. The molecule has 1 atom stereocenters. The van der Waals surface area contributed by atoms with E-state index in [1.807, 2.05) is 0 Å². The molecule has 0 aromatic heterocycles. The minimum atomic E-state index is -3.01. The Morgan fingerprint density at radius 3 is 2.33 bits per heavy atom. The Labute approximate surface area is 85.7 Å². The molecule has 82 valence electrons. The highest BCUT2D eigenvalue weighted by molar-refractivity contribution is 5.79. The fraction of sp³-hybridized carbons (Fsp3) is 0.300.